The SMILES string of the molecule is CCCNC(Cc1ccn(C)n1)c1c(Cl)cccc1Cl. The summed E-state index contributed by atoms with van der Waals surface area (Å²) < 4.78 is 1.81. The zero-order valence-corrected chi connectivity index (χ0v) is 13.2. The Balaban J connectivity index is 2.27. The maximum absolute atomic E-state index is 6.32. The van der Waals surface area contributed by atoms with Crippen LogP contribution in [0.3, 0.4) is 0 Å². The molecule has 1 N–H and O–H groups in total. The molecule has 0 saturated heterocycles. The predicted octanol–water partition coefficient (Wildman–Crippen LogP) is 4.01. The number of hydrogen-bond donors (Lipinski definition) is 1. The van der Waals surface area contributed by atoms with Crippen LogP contribution in [0.2, 0.25) is 10.0 Å². The second kappa shape index (κ2) is 7.11. The van der Waals surface area contributed by atoms with E-state index in [9.17, 15) is 0 Å². The molecule has 20 heavy (non-hydrogen) atoms. The molecule has 0 aliphatic rings. The fourth-order valence-electron chi connectivity index (χ4n) is 2.22. The van der Waals surface area contributed by atoms with Gasteiger partial charge in [0.25, 0.3) is 0 Å². The quantitative estimate of drug-likeness (QED) is 0.873. The van der Waals surface area contributed by atoms with Gasteiger partial charge in [-0.25, -0.2) is 0 Å². The van der Waals surface area contributed by atoms with E-state index in [-0.39, 0.29) is 6.04 Å². The van der Waals surface area contributed by atoms with Gasteiger partial charge < -0.3 is 5.32 Å². The zero-order chi connectivity index (χ0) is 14.5. The molecule has 0 aliphatic carbocycles. The largest absolute Gasteiger partial charge is 0.310 e. The molecule has 0 fully saturated rings. The van der Waals surface area contributed by atoms with Crippen LogP contribution in [0.5, 0.6) is 0 Å². The number of nitrogens with one attached hydrogen (secondary N) is 1. The summed E-state index contributed by atoms with van der Waals surface area (Å²) in [6.45, 7) is 3.05. The molecule has 5 heteroatoms. The lowest BCUT2D eigenvalue weighted by Gasteiger charge is -2.20. The molecular weight excluding hydrogens is 293 g/mol. The molecule has 0 radical (unpaired) electrons. The van der Waals surface area contributed by atoms with Crippen LogP contribution >= 0.6 is 23.2 Å². The van der Waals surface area contributed by atoms with Gasteiger partial charge in [0.05, 0.1) is 5.69 Å². The van der Waals surface area contributed by atoms with Crippen LogP contribution in [0.1, 0.15) is 30.6 Å². The fourth-order valence-corrected chi connectivity index (χ4v) is 2.88. The minimum atomic E-state index is 0.0750. The van der Waals surface area contributed by atoms with Crippen molar-refractivity contribution in [2.45, 2.75) is 25.8 Å². The van der Waals surface area contributed by atoms with Crippen LogP contribution in [0.15, 0.2) is 30.5 Å². The van der Waals surface area contributed by atoms with Gasteiger partial charge in [-0.05, 0) is 31.2 Å². The third kappa shape index (κ3) is 3.75. The summed E-state index contributed by atoms with van der Waals surface area (Å²) in [4.78, 5) is 0. The number of halogens is 2. The Morgan fingerprint density at radius 2 is 1.95 bits per heavy atom. The first kappa shape index (κ1) is 15.4. The molecule has 1 unspecified atom stereocenters. The molecule has 108 valence electrons. The minimum absolute atomic E-state index is 0.0750. The predicted molar refractivity (Wildman–Crippen MR) is 84.4 cm³/mol. The molecule has 0 bridgehead atoms. The Kier molecular flexibility index (Phi) is 5.46. The molecule has 1 heterocycles. The van der Waals surface area contributed by atoms with E-state index in [2.05, 4.69) is 17.3 Å². The van der Waals surface area contributed by atoms with Crippen LogP contribution in [0.4, 0.5) is 0 Å². The van der Waals surface area contributed by atoms with Gasteiger partial charge in [-0.3, -0.25) is 4.68 Å². The zero-order valence-electron chi connectivity index (χ0n) is 11.7. The molecule has 1 aromatic heterocycles. The Morgan fingerprint density at radius 3 is 2.50 bits per heavy atom. The number of aromatic nitrogens is 2. The van der Waals surface area contributed by atoms with Crippen molar-refractivity contribution in [3.8, 4) is 0 Å². The summed E-state index contributed by atoms with van der Waals surface area (Å²) in [6.07, 6.45) is 3.77. The molecule has 1 atom stereocenters. The monoisotopic (exact) mass is 311 g/mol. The Bertz CT molecular complexity index is 546. The highest BCUT2D eigenvalue weighted by molar-refractivity contribution is 6.36. The third-order valence-corrected chi connectivity index (χ3v) is 3.83. The molecule has 0 saturated carbocycles. The molecule has 0 aliphatic heterocycles. The van der Waals surface area contributed by atoms with Crippen molar-refractivity contribution in [1.82, 2.24) is 15.1 Å². The molecule has 0 spiro atoms. The highest BCUT2D eigenvalue weighted by atomic mass is 35.5. The summed E-state index contributed by atoms with van der Waals surface area (Å²) >= 11 is 12.6. The lowest BCUT2D eigenvalue weighted by molar-refractivity contribution is 0.521. The first-order valence-electron chi connectivity index (χ1n) is 6.77. The van der Waals surface area contributed by atoms with Crippen LogP contribution in [0, 0.1) is 0 Å². The van der Waals surface area contributed by atoms with Gasteiger partial charge in [0.2, 0.25) is 0 Å². The van der Waals surface area contributed by atoms with Crippen molar-refractivity contribution >= 4 is 23.2 Å². The third-order valence-electron chi connectivity index (χ3n) is 3.17. The first-order valence-corrected chi connectivity index (χ1v) is 7.53. The normalized spacial score (nSPS) is 12.6. The van der Waals surface area contributed by atoms with E-state index in [4.69, 9.17) is 23.2 Å². The van der Waals surface area contributed by atoms with Gasteiger partial charge in [-0.15, -0.1) is 0 Å². The second-order valence-electron chi connectivity index (χ2n) is 4.83. The van der Waals surface area contributed by atoms with Crippen molar-refractivity contribution in [2.24, 2.45) is 7.05 Å². The molecular formula is C15H19Cl2N3. The van der Waals surface area contributed by atoms with E-state index in [1.807, 2.05) is 37.5 Å². The van der Waals surface area contributed by atoms with E-state index >= 15 is 0 Å². The fraction of sp³-hybridized carbons (Fsp3) is 0.400. The lowest BCUT2D eigenvalue weighted by atomic mass is 10.0. The Labute approximate surface area is 129 Å². The van der Waals surface area contributed by atoms with Crippen molar-refractivity contribution in [1.29, 1.82) is 0 Å². The van der Waals surface area contributed by atoms with Crippen molar-refractivity contribution in [3.05, 3.63) is 51.8 Å². The highest BCUT2D eigenvalue weighted by Gasteiger charge is 2.18. The van der Waals surface area contributed by atoms with Gasteiger partial charge in [0.15, 0.2) is 0 Å². The van der Waals surface area contributed by atoms with E-state index < -0.39 is 0 Å². The summed E-state index contributed by atoms with van der Waals surface area (Å²) in [5.74, 6) is 0. The average Bonchev–Trinajstić information content (AvgIpc) is 2.81. The lowest BCUT2D eigenvalue weighted by Crippen LogP contribution is -2.25. The number of hydrogen-bond acceptors (Lipinski definition) is 2. The van der Waals surface area contributed by atoms with Crippen LogP contribution in [-0.4, -0.2) is 16.3 Å². The topological polar surface area (TPSA) is 29.9 Å². The van der Waals surface area contributed by atoms with Crippen molar-refractivity contribution in [3.63, 3.8) is 0 Å². The van der Waals surface area contributed by atoms with Gasteiger partial charge in [-0.2, -0.15) is 5.10 Å². The number of aryl methyl sites for hydroxylation is 1. The van der Waals surface area contributed by atoms with E-state index in [0.29, 0.717) is 10.0 Å². The van der Waals surface area contributed by atoms with Crippen molar-refractivity contribution < 1.29 is 0 Å². The second-order valence-corrected chi connectivity index (χ2v) is 5.64. The Hall–Kier alpha value is -1.03. The summed E-state index contributed by atoms with van der Waals surface area (Å²) in [5.41, 5.74) is 1.98. The van der Waals surface area contributed by atoms with Crippen LogP contribution in [0.25, 0.3) is 0 Å². The maximum Gasteiger partial charge on any atom is 0.0643 e. The van der Waals surface area contributed by atoms with Gasteiger partial charge in [0.1, 0.15) is 0 Å². The number of benzene rings is 1. The van der Waals surface area contributed by atoms with Crippen LogP contribution in [-0.2, 0) is 13.5 Å². The van der Waals surface area contributed by atoms with Gasteiger partial charge >= 0.3 is 0 Å². The standard InChI is InChI=1S/C15H19Cl2N3/c1-3-8-18-14(10-11-7-9-20(2)19-11)15-12(16)5-4-6-13(15)17/h4-7,9,14,18H,3,8,10H2,1-2H3. The highest BCUT2D eigenvalue weighted by Crippen LogP contribution is 2.32. The molecule has 2 rings (SSSR count). The summed E-state index contributed by atoms with van der Waals surface area (Å²) in [5, 5.41) is 9.33. The molecule has 3 nitrogen and oxygen atoms in total. The molecule has 2 aromatic rings. The minimum Gasteiger partial charge on any atom is -0.310 e. The average molecular weight is 312 g/mol. The van der Waals surface area contributed by atoms with E-state index in [1.54, 1.807) is 4.68 Å². The maximum atomic E-state index is 6.32. The van der Waals surface area contributed by atoms with Crippen LogP contribution < -0.4 is 5.32 Å². The first-order chi connectivity index (χ1) is 9.61. The summed E-state index contributed by atoms with van der Waals surface area (Å²) in [7, 11) is 1.92. The Morgan fingerprint density at radius 1 is 1.25 bits per heavy atom. The number of rotatable bonds is 6. The van der Waals surface area contributed by atoms with Gasteiger partial charge in [0, 0.05) is 41.3 Å². The smallest absolute Gasteiger partial charge is 0.0643 e. The van der Waals surface area contributed by atoms with Crippen molar-refractivity contribution in [2.75, 3.05) is 6.54 Å². The molecule has 0 amide bonds. The summed E-state index contributed by atoms with van der Waals surface area (Å²) in [6, 6.07) is 7.71. The number of nitrogens with zero attached hydrogens (tertiary/aromatic N) is 2. The molecule has 1 aromatic carbocycles. The van der Waals surface area contributed by atoms with Gasteiger partial charge in [-0.1, -0.05) is 36.2 Å². The van der Waals surface area contributed by atoms with E-state index in [0.717, 1.165) is 30.6 Å². The van der Waals surface area contributed by atoms with E-state index in [1.165, 1.54) is 0 Å².